The van der Waals surface area contributed by atoms with E-state index in [9.17, 15) is 4.79 Å². The van der Waals surface area contributed by atoms with E-state index in [0.717, 1.165) is 36.8 Å². The van der Waals surface area contributed by atoms with E-state index in [4.69, 9.17) is 20.8 Å². The summed E-state index contributed by atoms with van der Waals surface area (Å²) in [5.41, 5.74) is 2.50. The van der Waals surface area contributed by atoms with Gasteiger partial charge in [0.25, 0.3) is 5.91 Å². The van der Waals surface area contributed by atoms with Crippen LogP contribution in [0.2, 0.25) is 5.02 Å². The Bertz CT molecular complexity index is 990. The minimum absolute atomic E-state index is 0.0651. The van der Waals surface area contributed by atoms with Gasteiger partial charge in [0.05, 0.1) is 0 Å². The normalized spacial score (nSPS) is 14.6. The van der Waals surface area contributed by atoms with Crippen molar-refractivity contribution in [1.29, 1.82) is 0 Å². The van der Waals surface area contributed by atoms with Crippen LogP contribution in [-0.4, -0.2) is 41.9 Å². The largest absolute Gasteiger partial charge is 0.486 e. The number of furan rings is 1. The van der Waals surface area contributed by atoms with Crippen molar-refractivity contribution in [2.75, 3.05) is 26.2 Å². The Labute approximate surface area is 188 Å². The van der Waals surface area contributed by atoms with E-state index in [1.54, 1.807) is 6.07 Å². The van der Waals surface area contributed by atoms with Crippen LogP contribution in [0.3, 0.4) is 0 Å². The van der Waals surface area contributed by atoms with Crippen molar-refractivity contribution >= 4 is 17.5 Å². The molecule has 0 bridgehead atoms. The van der Waals surface area contributed by atoms with Crippen LogP contribution in [0.4, 0.5) is 0 Å². The number of hydrogen-bond donors (Lipinski definition) is 0. The predicted octanol–water partition coefficient (Wildman–Crippen LogP) is 5.03. The molecule has 0 radical (unpaired) electrons. The lowest BCUT2D eigenvalue weighted by molar-refractivity contribution is 0.0594. The monoisotopic (exact) mass is 438 g/mol. The number of benzene rings is 2. The summed E-state index contributed by atoms with van der Waals surface area (Å²) in [6.07, 6.45) is 0.999. The number of hydrogen-bond acceptors (Lipinski definition) is 4. The second-order valence-corrected chi connectivity index (χ2v) is 8.18. The average Bonchev–Trinajstić information content (AvgIpc) is 3.29. The minimum atomic E-state index is -0.0651. The van der Waals surface area contributed by atoms with E-state index in [-0.39, 0.29) is 5.91 Å². The van der Waals surface area contributed by atoms with Crippen LogP contribution in [0.15, 0.2) is 65.1 Å². The lowest BCUT2D eigenvalue weighted by atomic mass is 10.2. The molecule has 0 unspecified atom stereocenters. The first-order chi connectivity index (χ1) is 15.1. The van der Waals surface area contributed by atoms with Gasteiger partial charge in [-0.3, -0.25) is 9.69 Å². The van der Waals surface area contributed by atoms with Crippen molar-refractivity contribution < 1.29 is 13.9 Å². The number of aryl methyl sites for hydroxylation is 1. The summed E-state index contributed by atoms with van der Waals surface area (Å²) in [5, 5.41) is 0.747. The molecule has 162 valence electrons. The summed E-state index contributed by atoms with van der Waals surface area (Å²) in [4.78, 5) is 17.0. The number of nitrogens with zero attached hydrogens (tertiary/aromatic N) is 2. The van der Waals surface area contributed by atoms with E-state index < -0.39 is 0 Å². The zero-order chi connectivity index (χ0) is 21.6. The molecule has 6 heteroatoms. The third-order valence-corrected chi connectivity index (χ3v) is 5.82. The predicted molar refractivity (Wildman–Crippen MR) is 121 cm³/mol. The molecule has 1 amide bonds. The number of ether oxygens (including phenoxy) is 1. The van der Waals surface area contributed by atoms with E-state index in [0.29, 0.717) is 31.2 Å². The van der Waals surface area contributed by atoms with Gasteiger partial charge in [0.1, 0.15) is 18.1 Å². The molecule has 0 spiro atoms. The molecule has 31 heavy (non-hydrogen) atoms. The molecule has 2 aromatic carbocycles. The molecule has 3 aromatic rings. The minimum Gasteiger partial charge on any atom is -0.486 e. The van der Waals surface area contributed by atoms with Crippen molar-refractivity contribution in [2.24, 2.45) is 0 Å². The van der Waals surface area contributed by atoms with Gasteiger partial charge in [-0.05, 0) is 53.9 Å². The van der Waals surface area contributed by atoms with Gasteiger partial charge < -0.3 is 14.1 Å². The molecule has 0 saturated carbocycles. The third-order valence-electron chi connectivity index (χ3n) is 5.56. The summed E-state index contributed by atoms with van der Waals surface area (Å²) in [6, 6.07) is 19.5. The second-order valence-electron chi connectivity index (χ2n) is 7.75. The van der Waals surface area contributed by atoms with Gasteiger partial charge >= 0.3 is 0 Å². The topological polar surface area (TPSA) is 45.9 Å². The molecular formula is C25H27ClN2O3. The van der Waals surface area contributed by atoms with E-state index in [1.165, 1.54) is 11.1 Å². The van der Waals surface area contributed by atoms with Gasteiger partial charge in [0, 0.05) is 37.7 Å². The molecule has 1 fully saturated rings. The summed E-state index contributed by atoms with van der Waals surface area (Å²) < 4.78 is 11.5. The van der Waals surface area contributed by atoms with Crippen molar-refractivity contribution in [3.05, 3.63) is 88.3 Å². The number of piperazine rings is 1. The van der Waals surface area contributed by atoms with Gasteiger partial charge in [-0.1, -0.05) is 42.8 Å². The number of halogens is 1. The lowest BCUT2D eigenvalue weighted by Crippen LogP contribution is -2.48. The van der Waals surface area contributed by atoms with Crippen LogP contribution in [0.5, 0.6) is 5.75 Å². The zero-order valence-corrected chi connectivity index (χ0v) is 18.5. The van der Waals surface area contributed by atoms with Crippen molar-refractivity contribution in [3.63, 3.8) is 0 Å². The highest BCUT2D eigenvalue weighted by molar-refractivity contribution is 6.30. The Morgan fingerprint density at radius 1 is 0.935 bits per heavy atom. The third kappa shape index (κ3) is 5.69. The number of carbonyl (C=O) groups is 1. The summed E-state index contributed by atoms with van der Waals surface area (Å²) >= 11 is 5.96. The fourth-order valence-corrected chi connectivity index (χ4v) is 3.79. The lowest BCUT2D eigenvalue weighted by Gasteiger charge is -2.34. The molecule has 1 aliphatic rings. The molecule has 1 aliphatic heterocycles. The second kappa shape index (κ2) is 10.0. The Morgan fingerprint density at radius 2 is 1.61 bits per heavy atom. The number of carbonyl (C=O) groups excluding carboxylic acids is 1. The molecule has 1 saturated heterocycles. The highest BCUT2D eigenvalue weighted by atomic mass is 35.5. The van der Waals surface area contributed by atoms with E-state index in [2.05, 4.69) is 24.0 Å². The van der Waals surface area contributed by atoms with Crippen LogP contribution in [0, 0.1) is 0 Å². The molecule has 0 atom stereocenters. The summed E-state index contributed by atoms with van der Waals surface area (Å²) in [5.74, 6) is 1.73. The molecule has 5 nitrogen and oxygen atoms in total. The van der Waals surface area contributed by atoms with Gasteiger partial charge in [-0.15, -0.1) is 0 Å². The van der Waals surface area contributed by atoms with Gasteiger partial charge in [0.15, 0.2) is 5.76 Å². The van der Waals surface area contributed by atoms with Crippen molar-refractivity contribution in [1.82, 2.24) is 9.80 Å². The maximum Gasteiger partial charge on any atom is 0.289 e. The van der Waals surface area contributed by atoms with Gasteiger partial charge in [-0.25, -0.2) is 0 Å². The number of amides is 1. The zero-order valence-electron chi connectivity index (χ0n) is 17.7. The van der Waals surface area contributed by atoms with Crippen molar-refractivity contribution in [3.8, 4) is 5.75 Å². The maximum atomic E-state index is 12.8. The highest BCUT2D eigenvalue weighted by Crippen LogP contribution is 2.18. The van der Waals surface area contributed by atoms with Crippen LogP contribution in [0.25, 0.3) is 0 Å². The average molecular weight is 439 g/mol. The fraction of sp³-hybridized carbons (Fsp3) is 0.320. The highest BCUT2D eigenvalue weighted by Gasteiger charge is 2.24. The van der Waals surface area contributed by atoms with Gasteiger partial charge in [-0.2, -0.15) is 0 Å². The maximum absolute atomic E-state index is 12.8. The van der Waals surface area contributed by atoms with Crippen LogP contribution in [-0.2, 0) is 19.6 Å². The first kappa shape index (κ1) is 21.5. The molecule has 1 aromatic heterocycles. The number of rotatable bonds is 7. The molecule has 2 heterocycles. The van der Waals surface area contributed by atoms with Crippen molar-refractivity contribution in [2.45, 2.75) is 26.5 Å². The van der Waals surface area contributed by atoms with Crippen LogP contribution < -0.4 is 4.74 Å². The standard InChI is InChI=1S/C25H27ClN2O3/c1-2-19-5-9-22(10-6-19)30-18-23-11-12-24(31-23)25(29)28-15-13-27(14-16-28)17-20-3-7-21(26)8-4-20/h3-12H,2,13-18H2,1H3. The smallest absolute Gasteiger partial charge is 0.289 e. The fourth-order valence-electron chi connectivity index (χ4n) is 3.66. The Morgan fingerprint density at radius 3 is 2.29 bits per heavy atom. The molecular weight excluding hydrogens is 412 g/mol. The SMILES string of the molecule is CCc1ccc(OCc2ccc(C(=O)N3CCN(Cc4ccc(Cl)cc4)CC3)o2)cc1. The summed E-state index contributed by atoms with van der Waals surface area (Å²) in [7, 11) is 0. The summed E-state index contributed by atoms with van der Waals surface area (Å²) in [6.45, 7) is 6.31. The molecule has 0 N–H and O–H groups in total. The van der Waals surface area contributed by atoms with E-state index >= 15 is 0 Å². The first-order valence-electron chi connectivity index (χ1n) is 10.7. The van der Waals surface area contributed by atoms with Crippen LogP contribution in [0.1, 0.15) is 34.4 Å². The van der Waals surface area contributed by atoms with Gasteiger partial charge in [0.2, 0.25) is 0 Å². The van der Waals surface area contributed by atoms with E-state index in [1.807, 2.05) is 47.4 Å². The first-order valence-corrected chi connectivity index (χ1v) is 11.0. The Balaban J connectivity index is 1.26. The Kier molecular flexibility index (Phi) is 6.95. The molecule has 0 aliphatic carbocycles. The Hall–Kier alpha value is -2.76. The van der Waals surface area contributed by atoms with Crippen LogP contribution >= 0.6 is 11.6 Å². The quantitative estimate of drug-likeness (QED) is 0.519. The molecule has 4 rings (SSSR count).